The minimum atomic E-state index is -4.96. The molecule has 11 heteroatoms. The quantitative estimate of drug-likeness (QED) is 0.543. The van der Waals surface area contributed by atoms with Gasteiger partial charge in [0.15, 0.2) is 6.10 Å². The Morgan fingerprint density at radius 1 is 1.40 bits per heavy atom. The summed E-state index contributed by atoms with van der Waals surface area (Å²) in [7, 11) is -4.42. The molecule has 0 aliphatic rings. The molecule has 114 valence electrons. The van der Waals surface area contributed by atoms with Crippen molar-refractivity contribution in [2.75, 3.05) is 12.3 Å². The van der Waals surface area contributed by atoms with E-state index in [1.807, 2.05) is 0 Å². The second kappa shape index (κ2) is 5.84. The molecule has 0 bridgehead atoms. The molecule has 1 rings (SSSR count). The maximum atomic E-state index is 13.1. The van der Waals surface area contributed by atoms with Gasteiger partial charge in [-0.3, -0.25) is 0 Å². The number of nitrogens with one attached hydrogen (secondary N) is 1. The molecule has 20 heavy (non-hydrogen) atoms. The topological polar surface area (TPSA) is 92.4 Å². The van der Waals surface area contributed by atoms with E-state index in [2.05, 4.69) is 15.9 Å². The van der Waals surface area contributed by atoms with Crippen LogP contribution in [0.4, 0.5) is 23.2 Å². The van der Waals surface area contributed by atoms with Gasteiger partial charge in [-0.05, 0) is 28.1 Å². The van der Waals surface area contributed by atoms with Crippen LogP contribution in [0.5, 0.6) is 0 Å². The van der Waals surface area contributed by atoms with Crippen LogP contribution in [0.15, 0.2) is 21.5 Å². The van der Waals surface area contributed by atoms with Crippen molar-refractivity contribution in [2.45, 2.75) is 17.2 Å². The molecule has 0 aliphatic heterocycles. The maximum absolute atomic E-state index is 13.1. The molecule has 0 heterocycles. The van der Waals surface area contributed by atoms with E-state index in [-0.39, 0.29) is 4.47 Å². The van der Waals surface area contributed by atoms with Crippen LogP contribution in [0.3, 0.4) is 0 Å². The number of hydrogen-bond donors (Lipinski definition) is 3. The molecule has 0 spiro atoms. The first-order valence-electron chi connectivity index (χ1n) is 4.94. The van der Waals surface area contributed by atoms with Crippen molar-refractivity contribution >= 4 is 31.6 Å². The molecule has 0 saturated carbocycles. The van der Waals surface area contributed by atoms with Gasteiger partial charge in [0.05, 0.1) is 10.2 Å². The van der Waals surface area contributed by atoms with Crippen LogP contribution in [0.25, 0.3) is 0 Å². The monoisotopic (exact) mass is 380 g/mol. The molecule has 4 N–H and O–H groups in total. The van der Waals surface area contributed by atoms with Crippen molar-refractivity contribution < 1.29 is 31.1 Å². The van der Waals surface area contributed by atoms with Gasteiger partial charge in [-0.15, -0.1) is 0 Å². The van der Waals surface area contributed by atoms with Crippen molar-refractivity contribution in [3.05, 3.63) is 22.4 Å². The minimum Gasteiger partial charge on any atom is -0.398 e. The third-order valence-electron chi connectivity index (χ3n) is 2.19. The number of nitrogens with two attached hydrogens (primary N) is 1. The van der Waals surface area contributed by atoms with E-state index >= 15 is 0 Å². The van der Waals surface area contributed by atoms with Gasteiger partial charge in [0.25, 0.3) is 0 Å². The van der Waals surface area contributed by atoms with Gasteiger partial charge in [-0.2, -0.15) is 13.2 Å². The average Bonchev–Trinajstić information content (AvgIpc) is 2.29. The summed E-state index contributed by atoms with van der Waals surface area (Å²) in [5, 5.41) is 8.71. The summed E-state index contributed by atoms with van der Waals surface area (Å²) in [6.45, 7) is -1.28. The van der Waals surface area contributed by atoms with Crippen LogP contribution < -0.4 is 10.5 Å². The fourth-order valence-corrected chi connectivity index (χ4v) is 2.83. The number of nitrogen functional groups attached to an aromatic ring is 1. The van der Waals surface area contributed by atoms with Crippen LogP contribution in [0, 0.1) is 5.82 Å². The number of aliphatic hydroxyl groups excluding tert-OH is 1. The molecule has 0 fully saturated rings. The molecule has 0 aliphatic carbocycles. The van der Waals surface area contributed by atoms with Crippen LogP contribution in [-0.4, -0.2) is 32.3 Å². The fourth-order valence-electron chi connectivity index (χ4n) is 1.16. The summed E-state index contributed by atoms with van der Waals surface area (Å²) < 4.78 is 74.1. The molecule has 0 aromatic heterocycles. The Balaban J connectivity index is 2.98. The normalized spacial score (nSPS) is 14.3. The highest BCUT2D eigenvalue weighted by Gasteiger charge is 2.38. The van der Waals surface area contributed by atoms with Crippen LogP contribution in [0.1, 0.15) is 0 Å². The van der Waals surface area contributed by atoms with Crippen LogP contribution in [-0.2, 0) is 10.0 Å². The first-order valence-corrected chi connectivity index (χ1v) is 7.21. The van der Waals surface area contributed by atoms with Crippen molar-refractivity contribution in [1.82, 2.24) is 4.72 Å². The van der Waals surface area contributed by atoms with Crippen LogP contribution in [0.2, 0.25) is 0 Å². The van der Waals surface area contributed by atoms with E-state index in [4.69, 9.17) is 10.8 Å². The molecular formula is C9H9BrF4N2O3S. The van der Waals surface area contributed by atoms with E-state index in [1.54, 1.807) is 4.72 Å². The smallest absolute Gasteiger partial charge is 0.398 e. The summed E-state index contributed by atoms with van der Waals surface area (Å²) in [6, 6.07) is 1.52. The molecular weight excluding hydrogens is 372 g/mol. The number of rotatable bonds is 4. The van der Waals surface area contributed by atoms with E-state index in [9.17, 15) is 26.0 Å². The summed E-state index contributed by atoms with van der Waals surface area (Å²) in [6.07, 6.45) is -7.82. The third-order valence-corrected chi connectivity index (χ3v) is 4.27. The Morgan fingerprint density at radius 2 is 1.95 bits per heavy atom. The van der Waals surface area contributed by atoms with Gasteiger partial charge in [-0.25, -0.2) is 17.5 Å². The highest BCUT2D eigenvalue weighted by molar-refractivity contribution is 9.10. The van der Waals surface area contributed by atoms with Crippen molar-refractivity contribution in [1.29, 1.82) is 0 Å². The Bertz CT molecular complexity index is 606. The molecule has 0 saturated heterocycles. The number of hydrogen-bond acceptors (Lipinski definition) is 4. The lowest BCUT2D eigenvalue weighted by molar-refractivity contribution is -0.200. The lowest BCUT2D eigenvalue weighted by Gasteiger charge is -2.16. The number of anilines is 1. The number of benzene rings is 1. The number of aliphatic hydroxyl groups is 1. The second-order valence-corrected chi connectivity index (χ2v) is 6.30. The van der Waals surface area contributed by atoms with Crippen molar-refractivity contribution in [3.63, 3.8) is 0 Å². The van der Waals surface area contributed by atoms with E-state index in [1.165, 1.54) is 0 Å². The zero-order chi connectivity index (χ0) is 15.7. The predicted octanol–water partition coefficient (Wildman–Crippen LogP) is 1.37. The van der Waals surface area contributed by atoms with Gasteiger partial charge in [0, 0.05) is 6.54 Å². The highest BCUT2D eigenvalue weighted by Crippen LogP contribution is 2.26. The third kappa shape index (κ3) is 4.04. The molecule has 0 radical (unpaired) electrons. The maximum Gasteiger partial charge on any atom is 0.415 e. The standard InChI is InChI=1S/C9H9BrF4N2O3S/c10-4-1-7(6(15)2-5(4)11)20(18,19)16-3-8(17)9(12,13)14/h1-2,8,16-17H,3,15H2. The van der Waals surface area contributed by atoms with Gasteiger partial charge in [0.1, 0.15) is 10.7 Å². The molecule has 5 nitrogen and oxygen atoms in total. The van der Waals surface area contributed by atoms with E-state index in [0.29, 0.717) is 6.07 Å². The zero-order valence-electron chi connectivity index (χ0n) is 9.58. The summed E-state index contributed by atoms with van der Waals surface area (Å²) >= 11 is 2.73. The number of sulfonamides is 1. The second-order valence-electron chi connectivity index (χ2n) is 3.71. The van der Waals surface area contributed by atoms with Crippen molar-refractivity contribution in [3.8, 4) is 0 Å². The largest absolute Gasteiger partial charge is 0.415 e. The first kappa shape index (κ1) is 17.1. The zero-order valence-corrected chi connectivity index (χ0v) is 12.0. The Hall–Kier alpha value is -0.910. The molecule has 1 aromatic carbocycles. The molecule has 1 aromatic rings. The summed E-state index contributed by atoms with van der Waals surface area (Å²) in [5.41, 5.74) is 4.83. The number of alkyl halides is 3. The lowest BCUT2D eigenvalue weighted by Crippen LogP contribution is -2.40. The molecule has 1 unspecified atom stereocenters. The van der Waals surface area contributed by atoms with E-state index in [0.717, 1.165) is 6.07 Å². The van der Waals surface area contributed by atoms with Crippen molar-refractivity contribution in [2.24, 2.45) is 0 Å². The van der Waals surface area contributed by atoms with Gasteiger partial charge in [0.2, 0.25) is 10.0 Å². The van der Waals surface area contributed by atoms with Gasteiger partial charge in [-0.1, -0.05) is 0 Å². The van der Waals surface area contributed by atoms with E-state index < -0.39 is 45.2 Å². The molecule has 1 atom stereocenters. The first-order chi connectivity index (χ1) is 8.95. The predicted molar refractivity (Wildman–Crippen MR) is 65.8 cm³/mol. The summed E-state index contributed by atoms with van der Waals surface area (Å²) in [4.78, 5) is -0.597. The minimum absolute atomic E-state index is 0.219. The van der Waals surface area contributed by atoms with Crippen LogP contribution >= 0.6 is 15.9 Å². The Kier molecular flexibility index (Phi) is 5.00. The SMILES string of the molecule is Nc1cc(F)c(Br)cc1S(=O)(=O)NCC(O)C(F)(F)F. The Morgan fingerprint density at radius 3 is 2.45 bits per heavy atom. The fraction of sp³-hybridized carbons (Fsp3) is 0.333. The molecule has 0 amide bonds. The lowest BCUT2D eigenvalue weighted by atomic mass is 10.3. The average molecular weight is 381 g/mol. The van der Waals surface area contributed by atoms with Gasteiger partial charge < -0.3 is 10.8 Å². The highest BCUT2D eigenvalue weighted by atomic mass is 79.9. The number of halogens is 5. The summed E-state index contributed by atoms with van der Waals surface area (Å²) in [5.74, 6) is -0.822. The Labute approximate surface area is 120 Å². The van der Waals surface area contributed by atoms with Gasteiger partial charge >= 0.3 is 6.18 Å².